The summed E-state index contributed by atoms with van der Waals surface area (Å²) < 4.78 is 5.47. The van der Waals surface area contributed by atoms with Crippen molar-refractivity contribution in [3.63, 3.8) is 0 Å². The van der Waals surface area contributed by atoms with Crippen LogP contribution >= 0.6 is 0 Å². The van der Waals surface area contributed by atoms with Crippen LogP contribution in [0.2, 0.25) is 0 Å². The van der Waals surface area contributed by atoms with Gasteiger partial charge >= 0.3 is 5.97 Å². The number of aliphatic hydroxyl groups is 2. The molecule has 0 aromatic heterocycles. The molecule has 0 radical (unpaired) electrons. The molecule has 0 aliphatic heterocycles. The Morgan fingerprint density at radius 3 is 0.974 bits per heavy atom. The van der Waals surface area contributed by atoms with Crippen molar-refractivity contribution in [3.8, 4) is 0 Å². The van der Waals surface area contributed by atoms with E-state index in [0.717, 1.165) is 44.9 Å². The van der Waals surface area contributed by atoms with Crippen LogP contribution in [0.4, 0.5) is 0 Å². The number of ether oxygens (including phenoxy) is 1. The van der Waals surface area contributed by atoms with Gasteiger partial charge in [0, 0.05) is 12.8 Å². The van der Waals surface area contributed by atoms with Crippen molar-refractivity contribution in [2.75, 3.05) is 13.2 Å². The summed E-state index contributed by atoms with van der Waals surface area (Å²) in [4.78, 5) is 24.6. The molecule has 0 aliphatic carbocycles. The molecule has 0 saturated carbocycles. The highest BCUT2D eigenvalue weighted by atomic mass is 16.5. The van der Waals surface area contributed by atoms with E-state index in [9.17, 15) is 19.8 Å². The number of allylic oxidation sites excluding steroid dienone is 2. The van der Waals surface area contributed by atoms with Crippen molar-refractivity contribution in [1.29, 1.82) is 0 Å². The molecule has 3 N–H and O–H groups in total. The second kappa shape index (κ2) is 66.1. The minimum absolute atomic E-state index is 0.00711. The van der Waals surface area contributed by atoms with Crippen molar-refractivity contribution in [2.24, 2.45) is 0 Å². The van der Waals surface area contributed by atoms with Crippen LogP contribution in [0.25, 0.3) is 0 Å². The maximum absolute atomic E-state index is 12.5. The fraction of sp³-hybridized carbons (Fsp3) is 0.943. The first-order valence-electron chi connectivity index (χ1n) is 34.9. The SMILES string of the molecule is CCCC/C=C\CCCCCCCC(=O)OCCCCCCCCCCCCCCCCCCCCCCCCCCCCC(=O)NC(CO)C(O)CCCCCCCCCCCCCCCCCCCCCCCC. The van der Waals surface area contributed by atoms with E-state index in [4.69, 9.17) is 4.74 Å². The zero-order valence-electron chi connectivity index (χ0n) is 51.8. The lowest BCUT2D eigenvalue weighted by molar-refractivity contribution is -0.143. The highest BCUT2D eigenvalue weighted by Crippen LogP contribution is 2.19. The fourth-order valence-corrected chi connectivity index (χ4v) is 11.2. The van der Waals surface area contributed by atoms with Gasteiger partial charge in [0.05, 0.1) is 25.4 Å². The van der Waals surface area contributed by atoms with Crippen molar-refractivity contribution in [2.45, 2.75) is 411 Å². The molecule has 1 amide bonds. The topological polar surface area (TPSA) is 95.9 Å². The van der Waals surface area contributed by atoms with Crippen LogP contribution in [0, 0.1) is 0 Å². The second-order valence-corrected chi connectivity index (χ2v) is 24.2. The molecule has 2 unspecified atom stereocenters. The average Bonchev–Trinajstić information content (AvgIpc) is 3.42. The normalized spacial score (nSPS) is 12.5. The van der Waals surface area contributed by atoms with E-state index in [1.807, 2.05) is 0 Å². The lowest BCUT2D eigenvalue weighted by Crippen LogP contribution is -2.45. The first-order valence-corrected chi connectivity index (χ1v) is 34.9. The Kier molecular flexibility index (Phi) is 64.9. The molecule has 0 fully saturated rings. The Morgan fingerprint density at radius 2 is 0.632 bits per heavy atom. The second-order valence-electron chi connectivity index (χ2n) is 24.2. The number of rotatable bonds is 66. The van der Waals surface area contributed by atoms with Crippen molar-refractivity contribution in [3.05, 3.63) is 12.2 Å². The summed E-state index contributed by atoms with van der Waals surface area (Å²) in [6, 6.07) is -0.540. The van der Waals surface area contributed by atoms with E-state index in [1.165, 1.54) is 321 Å². The first-order chi connectivity index (χ1) is 37.5. The van der Waals surface area contributed by atoms with Gasteiger partial charge in [0.2, 0.25) is 5.91 Å². The molecule has 452 valence electrons. The molecule has 0 spiro atoms. The molecule has 0 rings (SSSR count). The number of carbonyl (C=O) groups excluding carboxylic acids is 2. The number of amides is 1. The molecule has 76 heavy (non-hydrogen) atoms. The third kappa shape index (κ3) is 61.8. The highest BCUT2D eigenvalue weighted by molar-refractivity contribution is 5.76. The number of carbonyl (C=O) groups is 2. The molecule has 0 heterocycles. The molecule has 6 heteroatoms. The maximum Gasteiger partial charge on any atom is 0.305 e. The smallest absolute Gasteiger partial charge is 0.305 e. The van der Waals surface area contributed by atoms with Gasteiger partial charge in [-0.05, 0) is 44.9 Å². The number of aliphatic hydroxyl groups excluding tert-OH is 2. The fourth-order valence-electron chi connectivity index (χ4n) is 11.2. The largest absolute Gasteiger partial charge is 0.466 e. The van der Waals surface area contributed by atoms with Gasteiger partial charge in [-0.1, -0.05) is 353 Å². The Balaban J connectivity index is 3.36. The Bertz CT molecular complexity index is 1140. The van der Waals surface area contributed by atoms with E-state index in [-0.39, 0.29) is 18.5 Å². The van der Waals surface area contributed by atoms with Crippen LogP contribution in [-0.4, -0.2) is 47.4 Å². The van der Waals surface area contributed by atoms with Crippen LogP contribution in [0.1, 0.15) is 399 Å². The van der Waals surface area contributed by atoms with Crippen molar-refractivity contribution < 1.29 is 24.5 Å². The first kappa shape index (κ1) is 74.6. The number of hydrogen-bond donors (Lipinski definition) is 3. The van der Waals surface area contributed by atoms with Crippen LogP contribution in [0.15, 0.2) is 12.2 Å². The van der Waals surface area contributed by atoms with Crippen LogP contribution in [0.3, 0.4) is 0 Å². The average molecular weight is 1070 g/mol. The van der Waals surface area contributed by atoms with Gasteiger partial charge in [0.25, 0.3) is 0 Å². The number of unbranched alkanes of at least 4 members (excludes halogenated alkanes) is 53. The Hall–Kier alpha value is -1.40. The quantitative estimate of drug-likeness (QED) is 0.0320. The lowest BCUT2D eigenvalue weighted by Gasteiger charge is -2.22. The zero-order chi connectivity index (χ0) is 55.0. The van der Waals surface area contributed by atoms with Gasteiger partial charge in [-0.3, -0.25) is 9.59 Å². The molecule has 0 saturated heterocycles. The molecule has 6 nitrogen and oxygen atoms in total. The van der Waals surface area contributed by atoms with Crippen molar-refractivity contribution >= 4 is 11.9 Å². The summed E-state index contributed by atoms with van der Waals surface area (Å²) in [6.45, 7) is 4.96. The predicted molar refractivity (Wildman–Crippen MR) is 333 cm³/mol. The molecule has 0 bridgehead atoms. The highest BCUT2D eigenvalue weighted by Gasteiger charge is 2.20. The summed E-state index contributed by atoms with van der Waals surface area (Å²) in [5.74, 6) is -0.0206. The lowest BCUT2D eigenvalue weighted by atomic mass is 10.0. The van der Waals surface area contributed by atoms with E-state index in [2.05, 4.69) is 31.3 Å². The van der Waals surface area contributed by atoms with Crippen LogP contribution in [0.5, 0.6) is 0 Å². The molecule has 0 aromatic rings. The minimum Gasteiger partial charge on any atom is -0.466 e. The van der Waals surface area contributed by atoms with E-state index in [1.54, 1.807) is 0 Å². The number of esters is 1. The van der Waals surface area contributed by atoms with Gasteiger partial charge in [-0.25, -0.2) is 0 Å². The molecular formula is C70H137NO5. The standard InChI is InChI=1S/C70H137NO5/c1-3-5-7-9-11-13-15-16-17-18-19-20-27-30-33-36-39-43-46-50-54-58-62-68(73)67(66-72)71-69(74)63-59-55-51-47-44-40-37-34-31-28-25-23-21-22-24-26-29-32-35-38-41-45-49-53-57-61-65-76-70(75)64-60-56-52-48-42-14-12-10-8-6-4-2/h10,12,67-68,72-73H,3-9,11,13-66H2,1-2H3,(H,71,74)/b12-10-. The predicted octanol–water partition coefficient (Wildman–Crippen LogP) is 22.4. The summed E-state index contributed by atoms with van der Waals surface area (Å²) in [7, 11) is 0. The molecule has 0 aromatic carbocycles. The maximum atomic E-state index is 12.5. The monoisotopic (exact) mass is 1070 g/mol. The number of nitrogens with one attached hydrogen (secondary N) is 1. The number of hydrogen-bond acceptors (Lipinski definition) is 5. The molecule has 2 atom stereocenters. The van der Waals surface area contributed by atoms with Crippen LogP contribution in [-0.2, 0) is 14.3 Å². The van der Waals surface area contributed by atoms with Gasteiger partial charge < -0.3 is 20.3 Å². The van der Waals surface area contributed by atoms with Crippen LogP contribution < -0.4 is 5.32 Å². The summed E-state index contributed by atoms with van der Waals surface area (Å²) >= 11 is 0. The Morgan fingerprint density at radius 1 is 0.355 bits per heavy atom. The minimum atomic E-state index is -0.663. The van der Waals surface area contributed by atoms with E-state index < -0.39 is 12.1 Å². The van der Waals surface area contributed by atoms with E-state index >= 15 is 0 Å². The zero-order valence-corrected chi connectivity index (χ0v) is 51.8. The third-order valence-corrected chi connectivity index (χ3v) is 16.6. The van der Waals surface area contributed by atoms with Gasteiger partial charge in [0.1, 0.15) is 0 Å². The molecule has 0 aliphatic rings. The summed E-state index contributed by atoms with van der Waals surface area (Å²) in [5, 5.41) is 23.4. The summed E-state index contributed by atoms with van der Waals surface area (Å²) in [6.07, 6.45) is 81.2. The Labute approximate surface area is 476 Å². The van der Waals surface area contributed by atoms with Gasteiger partial charge in [0.15, 0.2) is 0 Å². The van der Waals surface area contributed by atoms with Gasteiger partial charge in [-0.2, -0.15) is 0 Å². The third-order valence-electron chi connectivity index (χ3n) is 16.6. The summed E-state index contributed by atoms with van der Waals surface area (Å²) in [5.41, 5.74) is 0. The van der Waals surface area contributed by atoms with Gasteiger partial charge in [-0.15, -0.1) is 0 Å². The molecular weight excluding hydrogens is 935 g/mol. The van der Waals surface area contributed by atoms with Crippen molar-refractivity contribution in [1.82, 2.24) is 5.32 Å². The van der Waals surface area contributed by atoms with E-state index in [0.29, 0.717) is 25.9 Å².